The second kappa shape index (κ2) is 13.0. The number of anilines is 1. The number of carbonyl (C=O) groups excluding carboxylic acids is 2. The van der Waals surface area contributed by atoms with E-state index in [4.69, 9.17) is 9.40 Å². The van der Waals surface area contributed by atoms with E-state index in [1.165, 1.54) is 17.7 Å². The molecule has 0 bridgehead atoms. The Balaban J connectivity index is 1.45. The van der Waals surface area contributed by atoms with E-state index >= 15 is 0 Å². The number of likely N-dealkylation sites (tertiary alicyclic amines) is 1. The van der Waals surface area contributed by atoms with Gasteiger partial charge in [-0.2, -0.15) is 5.26 Å². The number of nitrogens with zero attached hydrogens (tertiary/aromatic N) is 5. The van der Waals surface area contributed by atoms with Gasteiger partial charge in [-0.15, -0.1) is 11.3 Å². The van der Waals surface area contributed by atoms with Gasteiger partial charge in [0.15, 0.2) is 12.2 Å². The predicted octanol–water partition coefficient (Wildman–Crippen LogP) is 6.63. The van der Waals surface area contributed by atoms with Gasteiger partial charge >= 0.3 is 0 Å². The van der Waals surface area contributed by atoms with Crippen LogP contribution in [0.3, 0.4) is 0 Å². The Morgan fingerprint density at radius 1 is 1.18 bits per heavy atom. The molecule has 5 rings (SSSR count). The summed E-state index contributed by atoms with van der Waals surface area (Å²) in [7, 11) is 0. The third kappa shape index (κ3) is 7.88. The number of rotatable bonds is 9. The minimum absolute atomic E-state index is 0.157. The Bertz CT molecular complexity index is 1750. The summed E-state index contributed by atoms with van der Waals surface area (Å²) in [6.45, 7) is 15.1. The Morgan fingerprint density at radius 2 is 1.98 bits per heavy atom. The Labute approximate surface area is 268 Å². The number of allylic oxidation sites excluding steroid dienone is 1. The number of aromatic nitrogens is 3. The highest BCUT2D eigenvalue weighted by molar-refractivity contribution is 7.17. The van der Waals surface area contributed by atoms with E-state index in [0.717, 1.165) is 40.9 Å². The van der Waals surface area contributed by atoms with Crippen LogP contribution < -0.4 is 10.6 Å². The van der Waals surface area contributed by atoms with Crippen LogP contribution in [0.15, 0.2) is 59.0 Å². The van der Waals surface area contributed by atoms with Crippen molar-refractivity contribution >= 4 is 40.1 Å². The molecule has 1 aliphatic rings. The minimum Gasteiger partial charge on any atom is -0.443 e. The molecule has 0 aliphatic carbocycles. The second-order valence-corrected chi connectivity index (χ2v) is 14.9. The van der Waals surface area contributed by atoms with Gasteiger partial charge in [-0.05, 0) is 53.5 Å². The number of oxazole rings is 1. The van der Waals surface area contributed by atoms with E-state index in [1.54, 1.807) is 23.2 Å². The largest absolute Gasteiger partial charge is 0.443 e. The number of carbonyl (C=O) groups is 2. The first kappa shape index (κ1) is 32.1. The zero-order valence-corrected chi connectivity index (χ0v) is 27.6. The van der Waals surface area contributed by atoms with Crippen LogP contribution in [0.5, 0.6) is 0 Å². The van der Waals surface area contributed by atoms with Crippen LogP contribution in [0.25, 0.3) is 21.7 Å². The molecule has 0 radical (unpaired) electrons. The molecule has 4 aromatic rings. The van der Waals surface area contributed by atoms with Crippen LogP contribution in [0.4, 0.5) is 5.95 Å². The number of imidazole rings is 1. The average Bonchev–Trinajstić information content (AvgIpc) is 3.78. The molecular weight excluding hydrogens is 586 g/mol. The summed E-state index contributed by atoms with van der Waals surface area (Å²) in [6, 6.07) is 11.7. The summed E-state index contributed by atoms with van der Waals surface area (Å²) in [6.07, 6.45) is 6.34. The van der Waals surface area contributed by atoms with E-state index in [2.05, 4.69) is 48.5 Å². The molecule has 1 aromatic carbocycles. The molecule has 2 N–H and O–H groups in total. The highest BCUT2D eigenvalue weighted by Crippen LogP contribution is 2.31. The SMILES string of the molecule is CC(C)(C)C=C(C#N)C(=O)N1CCCC1Cn1c(NC(=O)c2ccc(-c3cnco3)s2)nc2cc(CNCC(C)(C)C)ccc21. The normalized spacial score (nSPS) is 15.9. The Hall–Kier alpha value is -4.27. The molecule has 0 spiro atoms. The maximum atomic E-state index is 13.5. The lowest BCUT2D eigenvalue weighted by molar-refractivity contribution is -0.127. The monoisotopic (exact) mass is 627 g/mol. The summed E-state index contributed by atoms with van der Waals surface area (Å²) in [5.74, 6) is 0.473. The first-order valence-corrected chi connectivity index (χ1v) is 16.1. The molecule has 2 amide bonds. The van der Waals surface area contributed by atoms with Gasteiger partial charge < -0.3 is 19.2 Å². The maximum Gasteiger partial charge on any atom is 0.268 e. The van der Waals surface area contributed by atoms with Crippen molar-refractivity contribution in [3.63, 3.8) is 0 Å². The summed E-state index contributed by atoms with van der Waals surface area (Å²) < 4.78 is 7.38. The van der Waals surface area contributed by atoms with E-state index in [0.29, 0.717) is 36.2 Å². The Kier molecular flexibility index (Phi) is 9.28. The summed E-state index contributed by atoms with van der Waals surface area (Å²) in [5, 5.41) is 16.4. The van der Waals surface area contributed by atoms with Crippen LogP contribution in [0.1, 0.15) is 69.6 Å². The molecule has 3 aromatic heterocycles. The number of hydrogen-bond donors (Lipinski definition) is 2. The number of thiophene rings is 1. The number of benzene rings is 1. The molecule has 10 nitrogen and oxygen atoms in total. The predicted molar refractivity (Wildman–Crippen MR) is 177 cm³/mol. The number of fused-ring (bicyclic) bond motifs is 1. The quantitative estimate of drug-likeness (QED) is 0.157. The van der Waals surface area contributed by atoms with Crippen LogP contribution >= 0.6 is 11.3 Å². The third-order valence-electron chi connectivity index (χ3n) is 7.49. The van der Waals surface area contributed by atoms with Crippen molar-refractivity contribution in [3.05, 3.63) is 65.0 Å². The molecule has 1 atom stereocenters. The fourth-order valence-electron chi connectivity index (χ4n) is 5.47. The van der Waals surface area contributed by atoms with Crippen molar-refractivity contribution in [3.8, 4) is 16.7 Å². The second-order valence-electron chi connectivity index (χ2n) is 13.8. The average molecular weight is 628 g/mol. The molecule has 236 valence electrons. The first-order valence-electron chi connectivity index (χ1n) is 15.3. The molecule has 1 unspecified atom stereocenters. The lowest BCUT2D eigenvalue weighted by atomic mass is 9.93. The minimum atomic E-state index is -0.303. The highest BCUT2D eigenvalue weighted by atomic mass is 32.1. The van der Waals surface area contributed by atoms with Crippen LogP contribution in [0.2, 0.25) is 0 Å². The number of nitrogens with one attached hydrogen (secondary N) is 2. The highest BCUT2D eigenvalue weighted by Gasteiger charge is 2.33. The van der Waals surface area contributed by atoms with Crippen LogP contribution in [-0.4, -0.2) is 50.4 Å². The van der Waals surface area contributed by atoms with Gasteiger partial charge in [0.05, 0.1) is 33.0 Å². The van der Waals surface area contributed by atoms with Crippen molar-refractivity contribution in [1.29, 1.82) is 5.26 Å². The summed E-state index contributed by atoms with van der Waals surface area (Å²) >= 11 is 1.31. The summed E-state index contributed by atoms with van der Waals surface area (Å²) in [4.78, 5) is 39.0. The molecule has 1 aliphatic heterocycles. The lowest BCUT2D eigenvalue weighted by Gasteiger charge is -2.26. The van der Waals surface area contributed by atoms with Crippen molar-refractivity contribution < 1.29 is 14.0 Å². The summed E-state index contributed by atoms with van der Waals surface area (Å²) in [5.41, 5.74) is 2.73. The first-order chi connectivity index (χ1) is 21.3. The number of amides is 2. The van der Waals surface area contributed by atoms with Gasteiger partial charge in [0.1, 0.15) is 11.6 Å². The van der Waals surface area contributed by atoms with Gasteiger partial charge in [0.25, 0.3) is 11.8 Å². The van der Waals surface area contributed by atoms with Gasteiger partial charge in [0.2, 0.25) is 5.95 Å². The van der Waals surface area contributed by atoms with Crippen molar-refractivity contribution in [1.82, 2.24) is 24.8 Å². The van der Waals surface area contributed by atoms with Gasteiger partial charge in [-0.1, -0.05) is 53.7 Å². The molecule has 1 saturated heterocycles. The molecular formula is C34H41N7O3S. The lowest BCUT2D eigenvalue weighted by Crippen LogP contribution is -2.39. The standard InChI is InChI=1S/C34H41N7O3S/c1-33(2,3)15-23(16-35)31(43)40-13-7-8-24(40)19-41-26-10-9-22(17-36-20-34(4,5)6)14-25(26)38-32(41)39-30(42)29-12-11-28(45-29)27-18-37-21-44-27/h9-12,14-15,18,21,24,36H,7-8,13,17,19-20H2,1-6H3,(H,38,39,42). The molecule has 1 fully saturated rings. The molecule has 4 heterocycles. The maximum absolute atomic E-state index is 13.5. The van der Waals surface area contributed by atoms with Crippen molar-refractivity contribution in [2.24, 2.45) is 10.8 Å². The van der Waals surface area contributed by atoms with Crippen LogP contribution in [0, 0.1) is 22.2 Å². The zero-order chi connectivity index (χ0) is 32.4. The van der Waals surface area contributed by atoms with E-state index in [1.807, 2.05) is 43.5 Å². The van der Waals surface area contributed by atoms with E-state index in [-0.39, 0.29) is 34.3 Å². The van der Waals surface area contributed by atoms with Crippen molar-refractivity contribution in [2.45, 2.75) is 73.5 Å². The molecule has 45 heavy (non-hydrogen) atoms. The third-order valence-corrected chi connectivity index (χ3v) is 8.59. The fourth-order valence-corrected chi connectivity index (χ4v) is 6.33. The number of hydrogen-bond acceptors (Lipinski definition) is 8. The van der Waals surface area contributed by atoms with Gasteiger partial charge in [0, 0.05) is 26.2 Å². The molecule has 11 heteroatoms. The molecule has 0 saturated carbocycles. The van der Waals surface area contributed by atoms with E-state index in [9.17, 15) is 14.9 Å². The van der Waals surface area contributed by atoms with E-state index < -0.39 is 0 Å². The van der Waals surface area contributed by atoms with Gasteiger partial charge in [-0.25, -0.2) is 9.97 Å². The smallest absolute Gasteiger partial charge is 0.268 e. The topological polar surface area (TPSA) is 129 Å². The van der Waals surface area contributed by atoms with Crippen molar-refractivity contribution in [2.75, 3.05) is 18.4 Å². The fraction of sp³-hybridized carbons (Fsp3) is 0.441. The van der Waals surface area contributed by atoms with Crippen LogP contribution in [-0.2, 0) is 17.9 Å². The van der Waals surface area contributed by atoms with Gasteiger partial charge in [-0.3, -0.25) is 14.9 Å². The zero-order valence-electron chi connectivity index (χ0n) is 26.8. The Morgan fingerprint density at radius 3 is 2.67 bits per heavy atom. The number of nitriles is 1.